The second kappa shape index (κ2) is 5.41. The monoisotopic (exact) mass is 280 g/mol. The van der Waals surface area contributed by atoms with Gasteiger partial charge in [0.1, 0.15) is 0 Å². The maximum absolute atomic E-state index is 12.6. The molecule has 2 aliphatic carbocycles. The summed E-state index contributed by atoms with van der Waals surface area (Å²) in [6.07, 6.45) is 4.88. The molecule has 2 fully saturated rings. The molecule has 0 aromatic heterocycles. The van der Waals surface area contributed by atoms with E-state index in [1.54, 1.807) is 12.1 Å². The highest BCUT2D eigenvalue weighted by Gasteiger charge is 2.41. The van der Waals surface area contributed by atoms with E-state index < -0.39 is 0 Å². The zero-order valence-corrected chi connectivity index (χ0v) is 12.0. The van der Waals surface area contributed by atoms with Crippen LogP contribution in [0.2, 0.25) is 0 Å². The van der Waals surface area contributed by atoms with E-state index in [4.69, 9.17) is 5.73 Å². The van der Waals surface area contributed by atoms with Crippen molar-refractivity contribution in [3.63, 3.8) is 0 Å². The Morgan fingerprint density at radius 1 is 1.21 bits per heavy atom. The average Bonchev–Trinajstić information content (AvgIpc) is 3.22. The molecule has 1 atom stereocenters. The zero-order chi connectivity index (χ0) is 12.7. The van der Waals surface area contributed by atoms with Crippen LogP contribution in [0.4, 0.5) is 5.69 Å². The van der Waals surface area contributed by atoms with Gasteiger partial charge in [0.2, 0.25) is 0 Å². The maximum atomic E-state index is 12.6. The minimum Gasteiger partial charge on any atom is -0.399 e. The molecule has 19 heavy (non-hydrogen) atoms. The lowest BCUT2D eigenvalue weighted by Gasteiger charge is -2.29. The molecule has 1 aromatic carbocycles. The number of nitrogen functional groups attached to an aromatic ring is 1. The molecule has 0 bridgehead atoms. The van der Waals surface area contributed by atoms with Crippen LogP contribution in [0.15, 0.2) is 24.3 Å². The number of rotatable bonds is 4. The van der Waals surface area contributed by atoms with Crippen LogP contribution in [0, 0.1) is 5.92 Å². The molecule has 2 N–H and O–H groups in total. The summed E-state index contributed by atoms with van der Waals surface area (Å²) in [7, 11) is 0. The molecule has 0 spiro atoms. The molecule has 1 unspecified atom stereocenters. The van der Waals surface area contributed by atoms with E-state index in [9.17, 15) is 4.79 Å². The fourth-order valence-corrected chi connectivity index (χ4v) is 2.62. The molecule has 2 saturated carbocycles. The highest BCUT2D eigenvalue weighted by molar-refractivity contribution is 5.95. The minimum atomic E-state index is 0. The number of hydrogen-bond donors (Lipinski definition) is 1. The Labute approximate surface area is 120 Å². The SMILES string of the molecule is CC(C1CC1)N(C(=O)c1ccc(N)cc1)C1CC1.Cl. The number of nitrogens with two attached hydrogens (primary N) is 1. The topological polar surface area (TPSA) is 46.3 Å². The van der Waals surface area contributed by atoms with Crippen molar-refractivity contribution in [3.05, 3.63) is 29.8 Å². The fraction of sp³-hybridized carbons (Fsp3) is 0.533. The summed E-state index contributed by atoms with van der Waals surface area (Å²) in [6, 6.07) is 8.16. The average molecular weight is 281 g/mol. The van der Waals surface area contributed by atoms with Gasteiger partial charge in [-0.3, -0.25) is 4.79 Å². The van der Waals surface area contributed by atoms with E-state index in [1.165, 1.54) is 12.8 Å². The summed E-state index contributed by atoms with van der Waals surface area (Å²) in [5.41, 5.74) is 7.14. The van der Waals surface area contributed by atoms with Crippen molar-refractivity contribution in [1.29, 1.82) is 0 Å². The van der Waals surface area contributed by atoms with Crippen LogP contribution in [-0.4, -0.2) is 22.9 Å². The van der Waals surface area contributed by atoms with Crippen molar-refractivity contribution >= 4 is 24.0 Å². The van der Waals surface area contributed by atoms with Crippen molar-refractivity contribution in [3.8, 4) is 0 Å². The molecule has 0 aliphatic heterocycles. The molecular formula is C15H21ClN2O. The number of amides is 1. The van der Waals surface area contributed by atoms with Crippen molar-refractivity contribution in [2.75, 3.05) is 5.73 Å². The Balaban J connectivity index is 0.00000133. The highest BCUT2D eigenvalue weighted by Crippen LogP contribution is 2.40. The van der Waals surface area contributed by atoms with E-state index >= 15 is 0 Å². The van der Waals surface area contributed by atoms with Crippen molar-refractivity contribution in [1.82, 2.24) is 4.90 Å². The van der Waals surface area contributed by atoms with Gasteiger partial charge in [-0.25, -0.2) is 0 Å². The van der Waals surface area contributed by atoms with Gasteiger partial charge in [0.05, 0.1) is 0 Å². The van der Waals surface area contributed by atoms with E-state index in [0.717, 1.165) is 24.3 Å². The molecule has 1 aromatic rings. The summed E-state index contributed by atoms with van der Waals surface area (Å²) >= 11 is 0. The van der Waals surface area contributed by atoms with Gasteiger partial charge in [-0.15, -0.1) is 12.4 Å². The van der Waals surface area contributed by atoms with Crippen LogP contribution in [0.25, 0.3) is 0 Å². The molecular weight excluding hydrogens is 260 g/mol. The van der Waals surface area contributed by atoms with Gasteiger partial charge in [-0.1, -0.05) is 0 Å². The predicted molar refractivity (Wildman–Crippen MR) is 79.5 cm³/mol. The third kappa shape index (κ3) is 3.03. The maximum Gasteiger partial charge on any atom is 0.254 e. The van der Waals surface area contributed by atoms with Gasteiger partial charge in [-0.05, 0) is 62.8 Å². The normalized spacial score (nSPS) is 19.4. The van der Waals surface area contributed by atoms with Crippen molar-refractivity contribution in [2.45, 2.75) is 44.7 Å². The third-order valence-electron chi connectivity index (χ3n) is 4.08. The largest absolute Gasteiger partial charge is 0.399 e. The van der Waals surface area contributed by atoms with E-state index in [0.29, 0.717) is 17.8 Å². The Bertz CT molecular complexity index is 452. The Morgan fingerprint density at radius 3 is 2.26 bits per heavy atom. The fourth-order valence-electron chi connectivity index (χ4n) is 2.62. The van der Waals surface area contributed by atoms with Gasteiger partial charge in [0, 0.05) is 23.3 Å². The smallest absolute Gasteiger partial charge is 0.254 e. The molecule has 0 radical (unpaired) electrons. The van der Waals surface area contributed by atoms with E-state index in [2.05, 4.69) is 11.8 Å². The zero-order valence-electron chi connectivity index (χ0n) is 11.2. The second-order valence-corrected chi connectivity index (χ2v) is 5.64. The first kappa shape index (κ1) is 14.2. The molecule has 1 amide bonds. The molecule has 0 heterocycles. The second-order valence-electron chi connectivity index (χ2n) is 5.64. The molecule has 2 aliphatic rings. The van der Waals surface area contributed by atoms with Gasteiger partial charge < -0.3 is 10.6 Å². The lowest BCUT2D eigenvalue weighted by atomic mass is 10.1. The Morgan fingerprint density at radius 2 is 1.79 bits per heavy atom. The molecule has 3 rings (SSSR count). The summed E-state index contributed by atoms with van der Waals surface area (Å²) in [5, 5.41) is 0. The summed E-state index contributed by atoms with van der Waals surface area (Å²) < 4.78 is 0. The summed E-state index contributed by atoms with van der Waals surface area (Å²) in [6.45, 7) is 2.20. The van der Waals surface area contributed by atoms with Crippen molar-refractivity contribution in [2.24, 2.45) is 5.92 Å². The number of carbonyl (C=O) groups is 1. The standard InChI is InChI=1S/C15H20N2O.ClH/c1-10(11-2-3-11)17(14-8-9-14)15(18)12-4-6-13(16)7-5-12;/h4-7,10-11,14H,2-3,8-9,16H2,1H3;1H. The first-order valence-electron chi connectivity index (χ1n) is 6.85. The first-order chi connectivity index (χ1) is 8.66. The van der Waals surface area contributed by atoms with Crippen LogP contribution < -0.4 is 5.73 Å². The molecule has 0 saturated heterocycles. The molecule has 4 heteroatoms. The van der Waals surface area contributed by atoms with E-state index in [-0.39, 0.29) is 18.3 Å². The third-order valence-corrected chi connectivity index (χ3v) is 4.08. The first-order valence-corrected chi connectivity index (χ1v) is 6.85. The highest BCUT2D eigenvalue weighted by atomic mass is 35.5. The van der Waals surface area contributed by atoms with Crippen LogP contribution in [-0.2, 0) is 0 Å². The number of benzene rings is 1. The van der Waals surface area contributed by atoms with Gasteiger partial charge in [0.25, 0.3) is 5.91 Å². The van der Waals surface area contributed by atoms with Crippen LogP contribution in [0.5, 0.6) is 0 Å². The predicted octanol–water partition coefficient (Wildman–Crippen LogP) is 3.09. The number of anilines is 1. The summed E-state index contributed by atoms with van der Waals surface area (Å²) in [4.78, 5) is 14.7. The van der Waals surface area contributed by atoms with Gasteiger partial charge in [-0.2, -0.15) is 0 Å². The Hall–Kier alpha value is -1.22. The number of hydrogen-bond acceptors (Lipinski definition) is 2. The van der Waals surface area contributed by atoms with Crippen LogP contribution >= 0.6 is 12.4 Å². The number of nitrogens with zero attached hydrogens (tertiary/aromatic N) is 1. The van der Waals surface area contributed by atoms with E-state index in [1.807, 2.05) is 12.1 Å². The quantitative estimate of drug-likeness (QED) is 0.862. The summed E-state index contributed by atoms with van der Waals surface area (Å²) in [5.74, 6) is 0.903. The van der Waals surface area contributed by atoms with Crippen molar-refractivity contribution < 1.29 is 4.79 Å². The van der Waals surface area contributed by atoms with Crippen LogP contribution in [0.1, 0.15) is 43.0 Å². The Kier molecular flexibility index (Phi) is 4.04. The van der Waals surface area contributed by atoms with Gasteiger partial charge >= 0.3 is 0 Å². The minimum absolute atomic E-state index is 0. The van der Waals surface area contributed by atoms with Crippen LogP contribution in [0.3, 0.4) is 0 Å². The van der Waals surface area contributed by atoms with Gasteiger partial charge in [0.15, 0.2) is 0 Å². The number of carbonyl (C=O) groups excluding carboxylic acids is 1. The molecule has 3 nitrogen and oxygen atoms in total. The molecule has 104 valence electrons. The lowest BCUT2D eigenvalue weighted by molar-refractivity contribution is 0.0654. The number of halogens is 1. The lowest BCUT2D eigenvalue weighted by Crippen LogP contribution is -2.41.